The van der Waals surface area contributed by atoms with Gasteiger partial charge in [0.05, 0.1) is 9.95 Å². The van der Waals surface area contributed by atoms with Crippen LogP contribution >= 0.6 is 11.6 Å². The molecule has 6 nitrogen and oxygen atoms in total. The average molecular weight is 285 g/mol. The first-order valence-electron chi connectivity index (χ1n) is 6.40. The zero-order valence-corrected chi connectivity index (χ0v) is 11.6. The van der Waals surface area contributed by atoms with E-state index < -0.39 is 4.92 Å². The van der Waals surface area contributed by atoms with Gasteiger partial charge in [-0.05, 0) is 26.3 Å². The first-order valence-corrected chi connectivity index (χ1v) is 6.78. The largest absolute Gasteiger partial charge is 0.354 e. The number of rotatable bonds is 5. The third-order valence-corrected chi connectivity index (χ3v) is 3.58. The molecule has 7 heteroatoms. The van der Waals surface area contributed by atoms with Crippen molar-refractivity contribution >= 4 is 23.1 Å². The number of nitrogens with zero attached hydrogens (tertiary/aromatic N) is 3. The number of nitro groups is 1. The van der Waals surface area contributed by atoms with E-state index in [2.05, 4.69) is 15.2 Å². The van der Waals surface area contributed by atoms with Crippen molar-refractivity contribution in [1.82, 2.24) is 10.3 Å². The molecule has 0 spiro atoms. The highest BCUT2D eigenvalue weighted by molar-refractivity contribution is 6.33. The zero-order chi connectivity index (χ0) is 13.8. The number of hydrogen-bond acceptors (Lipinski definition) is 5. The lowest BCUT2D eigenvalue weighted by atomic mass is 10.2. The molecule has 0 saturated carbocycles. The van der Waals surface area contributed by atoms with Crippen molar-refractivity contribution in [3.63, 3.8) is 0 Å². The maximum atomic E-state index is 10.7. The first kappa shape index (κ1) is 14.0. The summed E-state index contributed by atoms with van der Waals surface area (Å²) in [6.07, 6.45) is 3.58. The van der Waals surface area contributed by atoms with Gasteiger partial charge in [-0.15, -0.1) is 0 Å². The summed E-state index contributed by atoms with van der Waals surface area (Å²) in [6, 6.07) is 1.79. The minimum atomic E-state index is -0.489. The SMILES string of the molecule is CCN(CC1CCCN1)c1ncc([N+](=O)[O-])cc1Cl. The molecule has 19 heavy (non-hydrogen) atoms. The molecule has 1 saturated heterocycles. The number of likely N-dealkylation sites (N-methyl/N-ethyl adjacent to an activating group) is 1. The van der Waals surface area contributed by atoms with Crippen LogP contribution < -0.4 is 10.2 Å². The quantitative estimate of drug-likeness (QED) is 0.663. The highest BCUT2D eigenvalue weighted by atomic mass is 35.5. The fraction of sp³-hybridized carbons (Fsp3) is 0.583. The van der Waals surface area contributed by atoms with Crippen LogP contribution in [0.25, 0.3) is 0 Å². The Labute approximate surface area is 116 Å². The minimum absolute atomic E-state index is 0.0798. The van der Waals surface area contributed by atoms with E-state index in [0.717, 1.165) is 26.1 Å². The summed E-state index contributed by atoms with van der Waals surface area (Å²) in [5.74, 6) is 0.614. The van der Waals surface area contributed by atoms with E-state index in [-0.39, 0.29) is 5.69 Å². The smallest absolute Gasteiger partial charge is 0.289 e. The Morgan fingerprint density at radius 3 is 3.00 bits per heavy atom. The van der Waals surface area contributed by atoms with Gasteiger partial charge in [-0.3, -0.25) is 10.1 Å². The number of pyridine rings is 1. The van der Waals surface area contributed by atoms with Gasteiger partial charge in [0.2, 0.25) is 0 Å². The molecule has 1 aromatic heterocycles. The lowest BCUT2D eigenvalue weighted by Crippen LogP contribution is -2.38. The second-order valence-electron chi connectivity index (χ2n) is 4.59. The molecule has 104 valence electrons. The van der Waals surface area contributed by atoms with E-state index in [1.54, 1.807) is 0 Å². The van der Waals surface area contributed by atoms with Crippen LogP contribution in [0.5, 0.6) is 0 Å². The highest BCUT2D eigenvalue weighted by Crippen LogP contribution is 2.27. The molecule has 1 aliphatic rings. The predicted octanol–water partition coefficient (Wildman–Crippen LogP) is 2.22. The maximum Gasteiger partial charge on any atom is 0.289 e. The second-order valence-corrected chi connectivity index (χ2v) is 5.00. The molecule has 1 unspecified atom stereocenters. The van der Waals surface area contributed by atoms with Gasteiger partial charge in [0, 0.05) is 25.2 Å². The van der Waals surface area contributed by atoms with Gasteiger partial charge in [-0.2, -0.15) is 0 Å². The van der Waals surface area contributed by atoms with Crippen molar-refractivity contribution in [2.45, 2.75) is 25.8 Å². The van der Waals surface area contributed by atoms with Crippen LogP contribution in [0.3, 0.4) is 0 Å². The van der Waals surface area contributed by atoms with E-state index >= 15 is 0 Å². The van der Waals surface area contributed by atoms with Gasteiger partial charge in [0.15, 0.2) is 0 Å². The molecule has 2 rings (SSSR count). The van der Waals surface area contributed by atoms with Gasteiger partial charge in [-0.1, -0.05) is 11.6 Å². The Bertz CT molecular complexity index is 463. The monoisotopic (exact) mass is 284 g/mol. The van der Waals surface area contributed by atoms with Crippen molar-refractivity contribution in [3.05, 3.63) is 27.4 Å². The van der Waals surface area contributed by atoms with E-state index in [9.17, 15) is 10.1 Å². The minimum Gasteiger partial charge on any atom is -0.354 e. The fourth-order valence-corrected chi connectivity index (χ4v) is 2.58. The molecule has 1 N–H and O–H groups in total. The van der Waals surface area contributed by atoms with Crippen LogP contribution in [-0.2, 0) is 0 Å². The molecule has 1 fully saturated rings. The summed E-state index contributed by atoms with van der Waals surface area (Å²) in [5, 5.41) is 14.4. The van der Waals surface area contributed by atoms with Crippen molar-refractivity contribution in [3.8, 4) is 0 Å². The molecule has 0 aromatic carbocycles. The summed E-state index contributed by atoms with van der Waals surface area (Å²) < 4.78 is 0. The normalized spacial score (nSPS) is 18.5. The Hall–Kier alpha value is -1.40. The molecule has 2 heterocycles. The number of aromatic nitrogens is 1. The zero-order valence-electron chi connectivity index (χ0n) is 10.8. The highest BCUT2D eigenvalue weighted by Gasteiger charge is 2.20. The van der Waals surface area contributed by atoms with E-state index in [4.69, 9.17) is 11.6 Å². The second kappa shape index (κ2) is 6.16. The summed E-state index contributed by atoms with van der Waals surface area (Å²) in [4.78, 5) is 16.4. The Morgan fingerprint density at radius 2 is 2.47 bits per heavy atom. The van der Waals surface area contributed by atoms with Gasteiger partial charge >= 0.3 is 0 Å². The van der Waals surface area contributed by atoms with Gasteiger partial charge in [0.25, 0.3) is 5.69 Å². The third-order valence-electron chi connectivity index (χ3n) is 3.30. The lowest BCUT2D eigenvalue weighted by Gasteiger charge is -2.26. The van der Waals surface area contributed by atoms with Crippen LogP contribution in [0.2, 0.25) is 5.02 Å². The predicted molar refractivity (Wildman–Crippen MR) is 74.8 cm³/mol. The van der Waals surface area contributed by atoms with Crippen molar-refractivity contribution in [2.24, 2.45) is 0 Å². The number of hydrogen-bond donors (Lipinski definition) is 1. The Kier molecular flexibility index (Phi) is 4.55. The number of anilines is 1. The summed E-state index contributed by atoms with van der Waals surface area (Å²) in [6.45, 7) is 4.65. The van der Waals surface area contributed by atoms with E-state index in [1.165, 1.54) is 18.7 Å². The molecule has 1 atom stereocenters. The number of halogens is 1. The van der Waals surface area contributed by atoms with Crippen LogP contribution in [0.15, 0.2) is 12.3 Å². The van der Waals surface area contributed by atoms with Crippen molar-refractivity contribution in [2.75, 3.05) is 24.5 Å². The van der Waals surface area contributed by atoms with Crippen LogP contribution in [-0.4, -0.2) is 35.6 Å². The Balaban J connectivity index is 2.15. The van der Waals surface area contributed by atoms with Crippen molar-refractivity contribution < 1.29 is 4.92 Å². The van der Waals surface area contributed by atoms with Gasteiger partial charge < -0.3 is 10.2 Å². The molecule has 0 aliphatic carbocycles. The molecule has 0 bridgehead atoms. The van der Waals surface area contributed by atoms with Gasteiger partial charge in [0.1, 0.15) is 12.0 Å². The molecule has 0 amide bonds. The standard InChI is InChI=1S/C12H17ClN4O2/c1-2-16(8-9-4-3-5-14-9)12-11(13)6-10(7-15-12)17(18)19/h6-7,9,14H,2-5,8H2,1H3. The average Bonchev–Trinajstić information content (AvgIpc) is 2.89. The third kappa shape index (κ3) is 3.33. The van der Waals surface area contributed by atoms with Crippen molar-refractivity contribution in [1.29, 1.82) is 0 Å². The number of nitrogens with one attached hydrogen (secondary N) is 1. The van der Waals surface area contributed by atoms with Crippen LogP contribution in [0.1, 0.15) is 19.8 Å². The summed E-state index contributed by atoms with van der Waals surface area (Å²) >= 11 is 6.10. The first-order chi connectivity index (χ1) is 9.11. The fourth-order valence-electron chi connectivity index (χ4n) is 2.30. The van der Waals surface area contributed by atoms with Crippen LogP contribution in [0.4, 0.5) is 11.5 Å². The molecular weight excluding hydrogens is 268 g/mol. The lowest BCUT2D eigenvalue weighted by molar-refractivity contribution is -0.385. The maximum absolute atomic E-state index is 10.7. The van der Waals surface area contributed by atoms with E-state index in [1.807, 2.05) is 6.92 Å². The Morgan fingerprint density at radius 1 is 1.68 bits per heavy atom. The van der Waals surface area contributed by atoms with Crippen LogP contribution in [0, 0.1) is 10.1 Å². The summed E-state index contributed by atoms with van der Waals surface area (Å²) in [5.41, 5.74) is -0.0798. The molecular formula is C12H17ClN4O2. The molecule has 1 aromatic rings. The summed E-state index contributed by atoms with van der Waals surface area (Å²) in [7, 11) is 0. The van der Waals surface area contributed by atoms with E-state index in [0.29, 0.717) is 16.9 Å². The van der Waals surface area contributed by atoms with Gasteiger partial charge in [-0.25, -0.2) is 4.98 Å². The molecule has 1 aliphatic heterocycles. The topological polar surface area (TPSA) is 71.3 Å². The molecule has 0 radical (unpaired) electrons.